The molecular formula is C40H26Cl4N12O16S4. The van der Waals surface area contributed by atoms with Crippen LogP contribution in [0.25, 0.3) is 32.7 Å². The summed E-state index contributed by atoms with van der Waals surface area (Å²) in [6.45, 7) is 0. The van der Waals surface area contributed by atoms with Crippen molar-refractivity contribution >= 4 is 143 Å². The van der Waals surface area contributed by atoms with Crippen molar-refractivity contribution in [3.05, 3.63) is 105 Å². The molecule has 8 aromatic rings. The number of hydrogen-bond donors (Lipinski definition) is 8. The predicted molar refractivity (Wildman–Crippen MR) is 267 cm³/mol. The minimum Gasteiger partial charge on any atom is -0.505 e. The largest absolute Gasteiger partial charge is 0.505 e. The zero-order chi connectivity index (χ0) is 55.4. The molecule has 0 saturated heterocycles. The van der Waals surface area contributed by atoms with Crippen molar-refractivity contribution in [1.82, 2.24) is 29.9 Å². The Labute approximate surface area is 444 Å². The van der Waals surface area contributed by atoms with Crippen molar-refractivity contribution < 1.29 is 71.6 Å². The summed E-state index contributed by atoms with van der Waals surface area (Å²) in [5.41, 5.74) is -2.81. The van der Waals surface area contributed by atoms with E-state index >= 15 is 0 Å². The van der Waals surface area contributed by atoms with Crippen molar-refractivity contribution in [2.24, 2.45) is 30.4 Å². The van der Waals surface area contributed by atoms with Gasteiger partial charge >= 0.3 is 0 Å². The number of nitrogens with zero attached hydrogens (tertiary/aromatic N) is 10. The van der Waals surface area contributed by atoms with Gasteiger partial charge in [0, 0.05) is 0 Å². The highest BCUT2D eigenvalue weighted by atomic mass is 35.5. The molecule has 2 aromatic heterocycles. The van der Waals surface area contributed by atoms with E-state index in [0.717, 1.165) is 36.4 Å². The molecule has 8 N–H and O–H groups in total. The summed E-state index contributed by atoms with van der Waals surface area (Å²) in [5, 5.41) is 36.2. The predicted octanol–water partition coefficient (Wildman–Crippen LogP) is 8.22. The van der Waals surface area contributed by atoms with Crippen LogP contribution in [0.4, 0.5) is 34.1 Å². The van der Waals surface area contributed by atoms with E-state index in [-0.39, 0.29) is 66.2 Å². The molecule has 28 nitrogen and oxygen atoms in total. The molecule has 0 fully saturated rings. The van der Waals surface area contributed by atoms with E-state index in [9.17, 15) is 62.1 Å². The van der Waals surface area contributed by atoms with Gasteiger partial charge < -0.3 is 19.7 Å². The first-order chi connectivity index (χ1) is 35.5. The average molecular weight is 1200 g/mol. The van der Waals surface area contributed by atoms with Crippen LogP contribution < -0.4 is 20.7 Å². The first-order valence-corrected chi connectivity index (χ1v) is 27.2. The molecule has 0 saturated carbocycles. The Morgan fingerprint density at radius 3 is 1.16 bits per heavy atom. The number of fused-ring (bicyclic) bond motifs is 2. The second kappa shape index (κ2) is 20.7. The van der Waals surface area contributed by atoms with Crippen LogP contribution in [0.2, 0.25) is 21.1 Å². The molecule has 0 spiro atoms. The fraction of sp³-hybridized carbons (Fsp3) is 0.0500. The molecule has 0 radical (unpaired) electrons. The number of phenolic OH excluding ortho intramolecular Hbond substituents is 2. The van der Waals surface area contributed by atoms with Crippen LogP contribution in [0, 0.1) is 0 Å². The molecular weight excluding hydrogens is 1170 g/mol. The Morgan fingerprint density at radius 2 is 0.842 bits per heavy atom. The van der Waals surface area contributed by atoms with Gasteiger partial charge in [-0.05, 0) is 129 Å². The lowest BCUT2D eigenvalue weighted by molar-refractivity contribution is 0.415. The number of aromatic hydroxyl groups is 2. The number of benzene rings is 6. The first-order valence-electron chi connectivity index (χ1n) is 20.0. The van der Waals surface area contributed by atoms with Crippen molar-refractivity contribution in [2.75, 3.05) is 14.2 Å². The van der Waals surface area contributed by atoms with Crippen LogP contribution in [0.1, 0.15) is 0 Å². The van der Waals surface area contributed by atoms with Gasteiger partial charge in [-0.2, -0.15) is 53.6 Å². The van der Waals surface area contributed by atoms with Gasteiger partial charge in [0.25, 0.3) is 40.5 Å². The summed E-state index contributed by atoms with van der Waals surface area (Å²) < 4.78 is 151. The zero-order valence-electron chi connectivity index (χ0n) is 37.3. The summed E-state index contributed by atoms with van der Waals surface area (Å²) >= 11 is 23.6. The Balaban J connectivity index is 1.19. The van der Waals surface area contributed by atoms with Gasteiger partial charge in [0.1, 0.15) is 44.0 Å². The number of aromatic amines is 2. The third-order valence-corrected chi connectivity index (χ3v) is 14.3. The summed E-state index contributed by atoms with van der Waals surface area (Å²) in [5.74, 6) is -2.03. The maximum Gasteiger partial charge on any atom is 0.296 e. The molecule has 6 aromatic carbocycles. The number of azo groups is 2. The highest BCUT2D eigenvalue weighted by Crippen LogP contribution is 2.48. The van der Waals surface area contributed by atoms with E-state index in [1.807, 2.05) is 0 Å². The minimum absolute atomic E-state index is 0.0117. The van der Waals surface area contributed by atoms with Crippen LogP contribution >= 0.6 is 46.4 Å². The highest BCUT2D eigenvalue weighted by Gasteiger charge is 2.28. The Bertz CT molecular complexity index is 4160. The quantitative estimate of drug-likeness (QED) is 0.0398. The van der Waals surface area contributed by atoms with Crippen molar-refractivity contribution in [3.8, 4) is 34.1 Å². The number of nitrogens with one attached hydrogen (secondary N) is 2. The van der Waals surface area contributed by atoms with Crippen molar-refractivity contribution in [2.45, 2.75) is 19.6 Å². The number of phenols is 2. The van der Waals surface area contributed by atoms with Crippen molar-refractivity contribution in [1.29, 1.82) is 0 Å². The van der Waals surface area contributed by atoms with Crippen molar-refractivity contribution in [3.63, 3.8) is 0 Å². The Morgan fingerprint density at radius 1 is 0.474 bits per heavy atom. The topological polar surface area (TPSA) is 434 Å². The van der Waals surface area contributed by atoms with E-state index in [0.29, 0.717) is 11.1 Å². The number of H-pyrrole nitrogens is 2. The molecule has 8 rings (SSSR count). The lowest BCUT2D eigenvalue weighted by Gasteiger charge is -2.13. The fourth-order valence-electron chi connectivity index (χ4n) is 7.04. The smallest absolute Gasteiger partial charge is 0.296 e. The second-order valence-corrected chi connectivity index (χ2v) is 22.0. The normalized spacial score (nSPS) is 13.2. The summed E-state index contributed by atoms with van der Waals surface area (Å²) in [6, 6.07) is 13.2. The number of halogens is 4. The monoisotopic (exact) mass is 1200 g/mol. The molecule has 0 aliphatic rings. The summed E-state index contributed by atoms with van der Waals surface area (Å²) in [4.78, 5) is 24.3. The van der Waals surface area contributed by atoms with Gasteiger partial charge in [0.05, 0.1) is 46.2 Å². The SMILES string of the molecule is COc1cc(-c2ccc(N=Nc3c(S(=O)(=O)O)cc4cc(S(=O)(=O)O)cc(N=c5nc(Cl)nc(Cl)[nH]5)c4c3O)c(OC)c2)ccc1N=Nc1c(S(=O)(=O)O)cc2cc(S(=O)(=O)O)cc(N=c3nc(Cl)nc(Cl)[nH]3)c2c1O. The van der Waals surface area contributed by atoms with Crippen LogP contribution in [0.15, 0.2) is 123 Å². The molecule has 2 heterocycles. The van der Waals surface area contributed by atoms with Crippen LogP contribution in [0.3, 0.4) is 0 Å². The first kappa shape index (κ1) is 54.9. The number of ether oxygens (including phenoxy) is 2. The van der Waals surface area contributed by atoms with Gasteiger partial charge in [-0.15, -0.1) is 20.5 Å². The van der Waals surface area contributed by atoms with Gasteiger partial charge in [0.2, 0.25) is 32.4 Å². The van der Waals surface area contributed by atoms with Crippen LogP contribution in [-0.4, -0.2) is 106 Å². The van der Waals surface area contributed by atoms with E-state index in [2.05, 4.69) is 60.3 Å². The molecule has 0 bridgehead atoms. The van der Waals surface area contributed by atoms with Crippen LogP contribution in [-0.2, 0) is 40.5 Å². The Kier molecular flexibility index (Phi) is 14.9. The number of methoxy groups -OCH3 is 2. The molecule has 36 heteroatoms. The molecule has 0 aliphatic carbocycles. The van der Waals surface area contributed by atoms with Gasteiger partial charge in [0.15, 0.2) is 11.5 Å². The van der Waals surface area contributed by atoms with Gasteiger partial charge in [-0.1, -0.05) is 12.1 Å². The maximum atomic E-state index is 12.7. The van der Waals surface area contributed by atoms with E-state index < -0.39 is 105 Å². The van der Waals surface area contributed by atoms with E-state index in [1.165, 1.54) is 50.6 Å². The molecule has 0 unspecified atom stereocenters. The van der Waals surface area contributed by atoms with Gasteiger partial charge in [-0.3, -0.25) is 28.2 Å². The molecule has 0 atom stereocenters. The van der Waals surface area contributed by atoms with E-state index in [4.69, 9.17) is 55.9 Å². The van der Waals surface area contributed by atoms with Crippen LogP contribution in [0.5, 0.6) is 23.0 Å². The summed E-state index contributed by atoms with van der Waals surface area (Å²) in [6.07, 6.45) is 0. The number of rotatable bonds is 13. The molecule has 394 valence electrons. The maximum absolute atomic E-state index is 12.7. The lowest BCUT2D eigenvalue weighted by Crippen LogP contribution is -2.13. The fourth-order valence-corrected chi connectivity index (χ4v) is 10.2. The number of hydrogen-bond acceptors (Lipinski definition) is 22. The Hall–Kier alpha value is -7.34. The summed E-state index contributed by atoms with van der Waals surface area (Å²) in [7, 11) is -18.1. The molecule has 0 amide bonds. The lowest BCUT2D eigenvalue weighted by atomic mass is 10.0. The third kappa shape index (κ3) is 11.7. The van der Waals surface area contributed by atoms with E-state index in [1.54, 1.807) is 0 Å². The minimum atomic E-state index is -5.28. The third-order valence-electron chi connectivity index (χ3n) is 10.2. The van der Waals surface area contributed by atoms with Gasteiger partial charge in [-0.25, -0.2) is 9.98 Å². The highest BCUT2D eigenvalue weighted by molar-refractivity contribution is 7.86. The standard InChI is InChI=1S/C40H26Cl4N12O16S4/c1-71-25-9-15(3-5-21(25)53-55-31-27(75(65,66)67)11-17-7-19(73(59,60)61)13-23(29(17)33(31)57)45-39-49-35(41)47-36(42)50-39)16-4-6-22(26(10-16)72-2)54-56-32-28(76(68,69)70)12-18-8-20(74(62,63)64)14-24(30(18)34(32)58)46-40-51-37(43)48-38(44)52-40/h3-14,57-58H,1-2H3,(H,59,60,61)(H,62,63,64)(H,65,66,67)(H,68,69,70)(H,45,47,49,50)(H,46,48,51,52). The second-order valence-electron chi connectivity index (χ2n) is 15.0. The average Bonchev–Trinajstić information content (AvgIpc) is 3.40. The number of aromatic nitrogens is 6. The molecule has 0 aliphatic heterocycles. The zero-order valence-corrected chi connectivity index (χ0v) is 43.6. The molecule has 76 heavy (non-hydrogen) atoms.